The molecule has 1 atom stereocenters. The van der Waals surface area contributed by atoms with Crippen LogP contribution in [0.5, 0.6) is 0 Å². The minimum atomic E-state index is 0.344. The number of likely N-dealkylation sites (tertiary alicyclic amines) is 2. The number of carbonyl (C=O) groups excluding carboxylic acids is 1. The lowest BCUT2D eigenvalue weighted by molar-refractivity contribution is -0.127. The van der Waals surface area contributed by atoms with Crippen LogP contribution in [0, 0.1) is 5.92 Å². The van der Waals surface area contributed by atoms with Crippen LogP contribution < -0.4 is 0 Å². The smallest absolute Gasteiger partial charge is 0.222 e. The minimum Gasteiger partial charge on any atom is -0.381 e. The highest BCUT2D eigenvalue weighted by molar-refractivity contribution is 5.78. The molecule has 0 spiro atoms. The molecule has 0 aromatic heterocycles. The summed E-state index contributed by atoms with van der Waals surface area (Å²) < 4.78 is 5.62. The van der Waals surface area contributed by atoms with Gasteiger partial charge in [-0.15, -0.1) is 0 Å². The van der Waals surface area contributed by atoms with Crippen molar-refractivity contribution in [3.05, 3.63) is 0 Å². The summed E-state index contributed by atoms with van der Waals surface area (Å²) in [5.74, 6) is 1.04. The maximum absolute atomic E-state index is 11.5. The summed E-state index contributed by atoms with van der Waals surface area (Å²) in [4.78, 5) is 16.0. The molecule has 2 saturated heterocycles. The molecular formula is C14H26N2O2. The van der Waals surface area contributed by atoms with E-state index in [1.807, 2.05) is 4.90 Å². The van der Waals surface area contributed by atoms with E-state index in [1.165, 1.54) is 13.0 Å². The number of nitrogens with zero attached hydrogens (tertiary/aromatic N) is 2. The first kappa shape index (κ1) is 13.8. The summed E-state index contributed by atoms with van der Waals surface area (Å²) in [7, 11) is 0. The third-order valence-electron chi connectivity index (χ3n) is 3.93. The number of ether oxygens (including phenoxy) is 1. The topological polar surface area (TPSA) is 32.8 Å². The largest absolute Gasteiger partial charge is 0.381 e. The van der Waals surface area contributed by atoms with E-state index in [0.717, 1.165) is 58.7 Å². The lowest BCUT2D eigenvalue weighted by Crippen LogP contribution is -2.35. The van der Waals surface area contributed by atoms with Crippen molar-refractivity contribution in [3.63, 3.8) is 0 Å². The van der Waals surface area contributed by atoms with E-state index < -0.39 is 0 Å². The molecule has 2 fully saturated rings. The van der Waals surface area contributed by atoms with Gasteiger partial charge in [-0.25, -0.2) is 0 Å². The Hall–Kier alpha value is -0.610. The molecule has 1 amide bonds. The number of hydrogen-bond acceptors (Lipinski definition) is 3. The van der Waals surface area contributed by atoms with Crippen molar-refractivity contribution in [1.29, 1.82) is 0 Å². The molecule has 2 rings (SSSR count). The zero-order chi connectivity index (χ0) is 12.8. The van der Waals surface area contributed by atoms with Gasteiger partial charge >= 0.3 is 0 Å². The molecule has 0 aliphatic carbocycles. The second-order valence-corrected chi connectivity index (χ2v) is 5.51. The van der Waals surface area contributed by atoms with Crippen molar-refractivity contribution < 1.29 is 9.53 Å². The van der Waals surface area contributed by atoms with Gasteiger partial charge in [0.15, 0.2) is 0 Å². The molecule has 104 valence electrons. The van der Waals surface area contributed by atoms with E-state index in [0.29, 0.717) is 11.8 Å². The lowest BCUT2D eigenvalue weighted by Gasteiger charge is -2.21. The number of carbonyl (C=O) groups is 1. The van der Waals surface area contributed by atoms with Crippen molar-refractivity contribution in [3.8, 4) is 0 Å². The van der Waals surface area contributed by atoms with Crippen LogP contribution in [-0.2, 0) is 9.53 Å². The van der Waals surface area contributed by atoms with Crippen LogP contribution in [0.1, 0.15) is 32.6 Å². The molecule has 18 heavy (non-hydrogen) atoms. The molecule has 0 bridgehead atoms. The Bertz CT molecular complexity index is 271. The SMILES string of the molecule is CCCOC[C@H]1CCN(CCN2CCCC2=O)C1. The zero-order valence-corrected chi connectivity index (χ0v) is 11.6. The summed E-state index contributed by atoms with van der Waals surface area (Å²) in [6, 6.07) is 0. The average Bonchev–Trinajstić information content (AvgIpc) is 2.96. The molecule has 4 heteroatoms. The molecule has 4 nitrogen and oxygen atoms in total. The highest BCUT2D eigenvalue weighted by atomic mass is 16.5. The van der Waals surface area contributed by atoms with Gasteiger partial charge in [0, 0.05) is 39.2 Å². The Morgan fingerprint density at radius 3 is 2.94 bits per heavy atom. The van der Waals surface area contributed by atoms with E-state index in [4.69, 9.17) is 4.74 Å². The van der Waals surface area contributed by atoms with Crippen LogP contribution in [0.15, 0.2) is 0 Å². The number of hydrogen-bond donors (Lipinski definition) is 0. The lowest BCUT2D eigenvalue weighted by atomic mass is 10.1. The van der Waals surface area contributed by atoms with E-state index >= 15 is 0 Å². The van der Waals surface area contributed by atoms with Gasteiger partial charge in [0.1, 0.15) is 0 Å². The third kappa shape index (κ3) is 3.95. The second-order valence-electron chi connectivity index (χ2n) is 5.51. The Morgan fingerprint density at radius 1 is 1.33 bits per heavy atom. The zero-order valence-electron chi connectivity index (χ0n) is 11.6. The van der Waals surface area contributed by atoms with Crippen LogP contribution in [-0.4, -0.2) is 61.6 Å². The van der Waals surface area contributed by atoms with Crippen LogP contribution in [0.25, 0.3) is 0 Å². The summed E-state index contributed by atoms with van der Waals surface area (Å²) in [6.45, 7) is 9.18. The fraction of sp³-hybridized carbons (Fsp3) is 0.929. The third-order valence-corrected chi connectivity index (χ3v) is 3.93. The maximum Gasteiger partial charge on any atom is 0.222 e. The van der Waals surface area contributed by atoms with Gasteiger partial charge in [0.05, 0.1) is 6.61 Å². The predicted molar refractivity (Wildman–Crippen MR) is 71.5 cm³/mol. The van der Waals surface area contributed by atoms with Crippen LogP contribution in [0.4, 0.5) is 0 Å². The number of rotatable bonds is 7. The molecule has 0 saturated carbocycles. The first-order valence-electron chi connectivity index (χ1n) is 7.37. The molecule has 0 N–H and O–H groups in total. The van der Waals surface area contributed by atoms with Crippen molar-refractivity contribution in [1.82, 2.24) is 9.80 Å². The molecule has 0 unspecified atom stereocenters. The highest BCUT2D eigenvalue weighted by Crippen LogP contribution is 2.17. The molecular weight excluding hydrogens is 228 g/mol. The van der Waals surface area contributed by atoms with E-state index in [9.17, 15) is 4.79 Å². The standard InChI is InChI=1S/C14H26N2O2/c1-2-10-18-12-13-5-7-15(11-13)8-9-16-6-3-4-14(16)17/h13H,2-12H2,1H3/t13-/m0/s1. The van der Waals surface area contributed by atoms with E-state index in [2.05, 4.69) is 11.8 Å². The van der Waals surface area contributed by atoms with Gasteiger partial charge in [-0.3, -0.25) is 4.79 Å². The van der Waals surface area contributed by atoms with Gasteiger partial charge in [0.25, 0.3) is 0 Å². The fourth-order valence-corrected chi connectivity index (χ4v) is 2.85. The van der Waals surface area contributed by atoms with Gasteiger partial charge in [-0.1, -0.05) is 6.92 Å². The Morgan fingerprint density at radius 2 is 2.22 bits per heavy atom. The Labute approximate surface area is 110 Å². The summed E-state index contributed by atoms with van der Waals surface area (Å²) >= 11 is 0. The second kappa shape index (κ2) is 7.10. The normalized spacial score (nSPS) is 25.3. The first-order valence-corrected chi connectivity index (χ1v) is 7.37. The quantitative estimate of drug-likeness (QED) is 0.643. The first-order chi connectivity index (χ1) is 8.79. The minimum absolute atomic E-state index is 0.344. The van der Waals surface area contributed by atoms with Crippen LogP contribution >= 0.6 is 0 Å². The molecule has 0 aromatic carbocycles. The Balaban J connectivity index is 1.59. The van der Waals surface area contributed by atoms with Crippen molar-refractivity contribution in [2.75, 3.05) is 45.9 Å². The average molecular weight is 254 g/mol. The fourth-order valence-electron chi connectivity index (χ4n) is 2.85. The van der Waals surface area contributed by atoms with Crippen LogP contribution in [0.3, 0.4) is 0 Å². The van der Waals surface area contributed by atoms with E-state index in [-0.39, 0.29) is 0 Å². The Kier molecular flexibility index (Phi) is 5.45. The van der Waals surface area contributed by atoms with Crippen LogP contribution in [0.2, 0.25) is 0 Å². The van der Waals surface area contributed by atoms with Gasteiger partial charge in [-0.2, -0.15) is 0 Å². The molecule has 2 aliphatic heterocycles. The molecule has 0 radical (unpaired) electrons. The van der Waals surface area contributed by atoms with Gasteiger partial charge in [-0.05, 0) is 31.7 Å². The van der Waals surface area contributed by atoms with Crippen molar-refractivity contribution in [2.45, 2.75) is 32.6 Å². The highest BCUT2D eigenvalue weighted by Gasteiger charge is 2.25. The van der Waals surface area contributed by atoms with Crippen molar-refractivity contribution >= 4 is 5.91 Å². The maximum atomic E-state index is 11.5. The summed E-state index contributed by atoms with van der Waals surface area (Å²) in [6.07, 6.45) is 4.16. The van der Waals surface area contributed by atoms with Gasteiger partial charge in [0.2, 0.25) is 5.91 Å². The predicted octanol–water partition coefficient (Wildman–Crippen LogP) is 1.36. The van der Waals surface area contributed by atoms with Gasteiger partial charge < -0.3 is 14.5 Å². The number of amides is 1. The van der Waals surface area contributed by atoms with Crippen molar-refractivity contribution in [2.24, 2.45) is 5.92 Å². The molecule has 0 aromatic rings. The molecule has 2 heterocycles. The summed E-state index contributed by atoms with van der Waals surface area (Å²) in [5, 5.41) is 0. The monoisotopic (exact) mass is 254 g/mol. The molecule has 2 aliphatic rings. The van der Waals surface area contributed by atoms with E-state index in [1.54, 1.807) is 0 Å². The summed E-state index contributed by atoms with van der Waals surface area (Å²) in [5.41, 5.74) is 0.